The highest BCUT2D eigenvalue weighted by atomic mass is 16.1. The molecule has 0 amide bonds. The predicted molar refractivity (Wildman–Crippen MR) is 55.6 cm³/mol. The fourth-order valence-corrected chi connectivity index (χ4v) is 2.18. The first-order valence-electron chi connectivity index (χ1n) is 4.90. The molecular formula is C10H15N3O. The van der Waals surface area contributed by atoms with Crippen LogP contribution in [0, 0.1) is 0 Å². The van der Waals surface area contributed by atoms with Crippen molar-refractivity contribution in [3.05, 3.63) is 22.7 Å². The average molecular weight is 193 g/mol. The molecule has 0 saturated heterocycles. The molecule has 4 nitrogen and oxygen atoms in total. The van der Waals surface area contributed by atoms with Crippen molar-refractivity contribution in [2.75, 3.05) is 11.4 Å². The Morgan fingerprint density at radius 2 is 2.29 bits per heavy atom. The van der Waals surface area contributed by atoms with Gasteiger partial charge in [-0.05, 0) is 26.8 Å². The minimum atomic E-state index is -0.147. The Morgan fingerprint density at radius 3 is 2.93 bits per heavy atom. The number of nitrogens with zero attached hydrogens (tertiary/aromatic N) is 3. The van der Waals surface area contributed by atoms with Crippen molar-refractivity contribution < 1.29 is 0 Å². The zero-order valence-electron chi connectivity index (χ0n) is 8.82. The molecule has 2 rings (SSSR count). The second-order valence-electron chi connectivity index (χ2n) is 4.23. The summed E-state index contributed by atoms with van der Waals surface area (Å²) in [4.78, 5) is 17.5. The first-order valence-corrected chi connectivity index (χ1v) is 4.90. The van der Waals surface area contributed by atoms with Crippen LogP contribution in [0.1, 0.15) is 20.8 Å². The highest BCUT2D eigenvalue weighted by Crippen LogP contribution is 2.30. The molecule has 1 aromatic heterocycles. The van der Waals surface area contributed by atoms with E-state index in [0.717, 1.165) is 18.9 Å². The van der Waals surface area contributed by atoms with E-state index in [0.29, 0.717) is 0 Å². The number of hydrogen-bond acceptors (Lipinski definition) is 3. The second-order valence-corrected chi connectivity index (χ2v) is 4.23. The maximum Gasteiger partial charge on any atom is 0.349 e. The summed E-state index contributed by atoms with van der Waals surface area (Å²) >= 11 is 0. The lowest BCUT2D eigenvalue weighted by molar-refractivity contribution is 0.452. The number of aromatic nitrogens is 2. The van der Waals surface area contributed by atoms with Gasteiger partial charge < -0.3 is 4.90 Å². The number of fused-ring (bicyclic) bond motifs is 1. The maximum absolute atomic E-state index is 11.5. The van der Waals surface area contributed by atoms with Gasteiger partial charge in [0.1, 0.15) is 5.82 Å². The quantitative estimate of drug-likeness (QED) is 0.664. The molecule has 0 spiro atoms. The normalized spacial score (nSPS) is 18.4. The van der Waals surface area contributed by atoms with Crippen LogP contribution in [0.2, 0.25) is 0 Å². The summed E-state index contributed by atoms with van der Waals surface area (Å²) in [5.41, 5.74) is -0.129. The molecule has 1 aliphatic heterocycles. The predicted octanol–water partition coefficient (Wildman–Crippen LogP) is 0.862. The average Bonchev–Trinajstić information content (AvgIpc) is 2.37. The lowest BCUT2D eigenvalue weighted by Gasteiger charge is -2.31. The Bertz CT molecular complexity index is 408. The van der Waals surface area contributed by atoms with Gasteiger partial charge in [0, 0.05) is 12.7 Å². The summed E-state index contributed by atoms with van der Waals surface area (Å²) in [6, 6.07) is 1.90. The van der Waals surface area contributed by atoms with Crippen LogP contribution in [0.3, 0.4) is 0 Å². The molecule has 0 unspecified atom stereocenters. The maximum atomic E-state index is 11.5. The van der Waals surface area contributed by atoms with Gasteiger partial charge in [0.2, 0.25) is 0 Å². The van der Waals surface area contributed by atoms with Crippen LogP contribution in [0.15, 0.2) is 17.1 Å². The monoisotopic (exact) mass is 193 g/mol. The van der Waals surface area contributed by atoms with Crippen LogP contribution in [-0.4, -0.2) is 21.6 Å². The molecule has 0 radical (unpaired) electrons. The minimum absolute atomic E-state index is 0.0178. The molecule has 1 aliphatic rings. The van der Waals surface area contributed by atoms with Crippen LogP contribution in [0.4, 0.5) is 5.82 Å². The van der Waals surface area contributed by atoms with Crippen molar-refractivity contribution in [2.24, 2.45) is 0 Å². The van der Waals surface area contributed by atoms with Crippen molar-refractivity contribution >= 4 is 5.82 Å². The minimum Gasteiger partial charge on any atom is -0.351 e. The largest absolute Gasteiger partial charge is 0.351 e. The number of likely N-dealkylation sites (N-methyl/N-ethyl adjacent to an activating group) is 1. The Balaban J connectivity index is 2.59. The first kappa shape index (κ1) is 9.24. The molecule has 0 aliphatic carbocycles. The van der Waals surface area contributed by atoms with Gasteiger partial charge in [0.05, 0.1) is 12.1 Å². The van der Waals surface area contributed by atoms with Gasteiger partial charge in [-0.1, -0.05) is 0 Å². The molecule has 0 bridgehead atoms. The smallest absolute Gasteiger partial charge is 0.349 e. The van der Waals surface area contributed by atoms with Crippen LogP contribution in [-0.2, 0) is 6.54 Å². The summed E-state index contributed by atoms with van der Waals surface area (Å²) in [5.74, 6) is 0.984. The lowest BCUT2D eigenvalue weighted by Crippen LogP contribution is -2.41. The molecule has 2 heterocycles. The van der Waals surface area contributed by atoms with E-state index in [2.05, 4.69) is 30.7 Å². The Hall–Kier alpha value is -1.32. The third-order valence-corrected chi connectivity index (χ3v) is 2.78. The first-order chi connectivity index (χ1) is 6.56. The van der Waals surface area contributed by atoms with E-state index >= 15 is 0 Å². The fraction of sp³-hybridized carbons (Fsp3) is 0.600. The molecule has 0 N–H and O–H groups in total. The highest BCUT2D eigenvalue weighted by Gasteiger charge is 2.35. The van der Waals surface area contributed by atoms with Crippen molar-refractivity contribution in [1.82, 2.24) is 9.55 Å². The Kier molecular flexibility index (Phi) is 1.87. The van der Waals surface area contributed by atoms with E-state index in [1.54, 1.807) is 10.8 Å². The van der Waals surface area contributed by atoms with Crippen LogP contribution in [0.25, 0.3) is 0 Å². The molecule has 76 valence electrons. The number of hydrogen-bond donors (Lipinski definition) is 0. The van der Waals surface area contributed by atoms with E-state index < -0.39 is 0 Å². The second kappa shape index (κ2) is 2.83. The topological polar surface area (TPSA) is 38.1 Å². The summed E-state index contributed by atoms with van der Waals surface area (Å²) in [6.07, 6.45) is 1.58. The van der Waals surface area contributed by atoms with E-state index in [4.69, 9.17) is 0 Å². The van der Waals surface area contributed by atoms with Crippen molar-refractivity contribution in [1.29, 1.82) is 0 Å². The molecule has 0 atom stereocenters. The summed E-state index contributed by atoms with van der Waals surface area (Å²) in [6.45, 7) is 8.02. The summed E-state index contributed by atoms with van der Waals surface area (Å²) < 4.78 is 1.74. The molecule has 4 heteroatoms. The molecule has 0 aromatic carbocycles. The van der Waals surface area contributed by atoms with Gasteiger partial charge in [0.25, 0.3) is 0 Å². The molecule has 14 heavy (non-hydrogen) atoms. The zero-order chi connectivity index (χ0) is 10.3. The Labute approximate surface area is 83.2 Å². The van der Waals surface area contributed by atoms with Crippen LogP contribution in [0.5, 0.6) is 0 Å². The van der Waals surface area contributed by atoms with Gasteiger partial charge in [-0.2, -0.15) is 0 Å². The van der Waals surface area contributed by atoms with E-state index in [-0.39, 0.29) is 11.2 Å². The third kappa shape index (κ3) is 1.14. The summed E-state index contributed by atoms with van der Waals surface area (Å²) in [5, 5.41) is 0. The molecule has 0 fully saturated rings. The zero-order valence-corrected chi connectivity index (χ0v) is 8.82. The van der Waals surface area contributed by atoms with Gasteiger partial charge in [-0.15, -0.1) is 0 Å². The number of anilines is 1. The lowest BCUT2D eigenvalue weighted by atomic mass is 10.1. The van der Waals surface area contributed by atoms with Gasteiger partial charge in [-0.25, -0.2) is 9.78 Å². The Morgan fingerprint density at radius 1 is 1.57 bits per heavy atom. The van der Waals surface area contributed by atoms with E-state index in [1.165, 1.54) is 0 Å². The van der Waals surface area contributed by atoms with E-state index in [1.807, 2.05) is 6.07 Å². The van der Waals surface area contributed by atoms with Crippen LogP contribution >= 0.6 is 0 Å². The highest BCUT2D eigenvalue weighted by molar-refractivity contribution is 5.45. The van der Waals surface area contributed by atoms with Crippen molar-refractivity contribution in [3.63, 3.8) is 0 Å². The summed E-state index contributed by atoms with van der Waals surface area (Å²) in [7, 11) is 0. The van der Waals surface area contributed by atoms with Gasteiger partial charge >= 0.3 is 5.69 Å². The third-order valence-electron chi connectivity index (χ3n) is 2.78. The van der Waals surface area contributed by atoms with Crippen LogP contribution < -0.4 is 10.6 Å². The SMILES string of the molecule is CCN1c2ccnc(=O)n2CC1(C)C. The van der Waals surface area contributed by atoms with Crippen molar-refractivity contribution in [3.8, 4) is 0 Å². The van der Waals surface area contributed by atoms with Gasteiger partial charge in [0.15, 0.2) is 0 Å². The number of rotatable bonds is 1. The van der Waals surface area contributed by atoms with Crippen molar-refractivity contribution in [2.45, 2.75) is 32.9 Å². The van der Waals surface area contributed by atoms with Gasteiger partial charge in [-0.3, -0.25) is 4.57 Å². The standard InChI is InChI=1S/C10H15N3O/c1-4-13-8-5-6-11-9(14)12(8)7-10(13,2)3/h5-6H,4,7H2,1-3H3. The molecular weight excluding hydrogens is 178 g/mol. The molecule has 1 aromatic rings. The fourth-order valence-electron chi connectivity index (χ4n) is 2.18. The molecule has 0 saturated carbocycles. The van der Waals surface area contributed by atoms with E-state index in [9.17, 15) is 4.79 Å².